The third-order valence-corrected chi connectivity index (χ3v) is 2.38. The average Bonchev–Trinajstić information content (AvgIpc) is 2.16. The number of hydrogen-bond donors (Lipinski definition) is 1. The lowest BCUT2D eigenvalue weighted by molar-refractivity contribution is 0.701. The van der Waals surface area contributed by atoms with Gasteiger partial charge in [-0.15, -0.1) is 0 Å². The third-order valence-electron chi connectivity index (χ3n) is 2.19. The Morgan fingerprint density at radius 1 is 1.40 bits per heavy atom. The fourth-order valence-electron chi connectivity index (χ4n) is 1.33. The van der Waals surface area contributed by atoms with Crippen molar-refractivity contribution in [1.29, 1.82) is 0 Å². The van der Waals surface area contributed by atoms with E-state index in [9.17, 15) is 0 Å². The van der Waals surface area contributed by atoms with Crippen LogP contribution in [-0.2, 0) is 0 Å². The first-order valence-corrected chi connectivity index (χ1v) is 5.52. The zero-order valence-corrected chi connectivity index (χ0v) is 9.96. The molecule has 84 valence electrons. The second kappa shape index (κ2) is 5.75. The van der Waals surface area contributed by atoms with Gasteiger partial charge in [-0.2, -0.15) is 4.98 Å². The van der Waals surface area contributed by atoms with Gasteiger partial charge >= 0.3 is 0 Å². The molecule has 4 nitrogen and oxygen atoms in total. The predicted octanol–water partition coefficient (Wildman–Crippen LogP) is 2.34. The van der Waals surface area contributed by atoms with Gasteiger partial charge in [-0.05, 0) is 6.42 Å². The van der Waals surface area contributed by atoms with E-state index >= 15 is 0 Å². The molecular formula is C10H17ClN4. The van der Waals surface area contributed by atoms with Crippen molar-refractivity contribution in [3.05, 3.63) is 11.2 Å². The summed E-state index contributed by atoms with van der Waals surface area (Å²) in [5.41, 5.74) is 5.52. The van der Waals surface area contributed by atoms with Crippen molar-refractivity contribution in [1.82, 2.24) is 9.97 Å². The highest BCUT2D eigenvalue weighted by atomic mass is 35.5. The van der Waals surface area contributed by atoms with Gasteiger partial charge in [0.15, 0.2) is 0 Å². The number of hydrogen-bond acceptors (Lipinski definition) is 4. The summed E-state index contributed by atoms with van der Waals surface area (Å²) < 4.78 is 0. The van der Waals surface area contributed by atoms with Crippen LogP contribution in [0.5, 0.6) is 0 Å². The van der Waals surface area contributed by atoms with Crippen LogP contribution in [0, 0.1) is 0 Å². The molecule has 0 spiro atoms. The van der Waals surface area contributed by atoms with E-state index in [1.807, 2.05) is 11.9 Å². The topological polar surface area (TPSA) is 55.0 Å². The molecule has 0 bridgehead atoms. The first kappa shape index (κ1) is 12.0. The van der Waals surface area contributed by atoms with Gasteiger partial charge in [-0.1, -0.05) is 31.4 Å². The Labute approximate surface area is 95.5 Å². The van der Waals surface area contributed by atoms with Gasteiger partial charge in [0.05, 0.1) is 0 Å². The Bertz CT molecular complexity index is 296. The lowest BCUT2D eigenvalue weighted by atomic mass is 10.2. The number of halogens is 1. The molecule has 0 saturated carbocycles. The maximum absolute atomic E-state index is 5.80. The summed E-state index contributed by atoms with van der Waals surface area (Å²) in [5.74, 6) is 1.00. The van der Waals surface area contributed by atoms with Crippen molar-refractivity contribution < 1.29 is 0 Å². The maximum atomic E-state index is 5.80. The van der Waals surface area contributed by atoms with E-state index in [4.69, 9.17) is 17.3 Å². The van der Waals surface area contributed by atoms with Crippen LogP contribution in [0.25, 0.3) is 0 Å². The molecule has 0 aliphatic rings. The first-order chi connectivity index (χ1) is 7.13. The third kappa shape index (κ3) is 3.91. The van der Waals surface area contributed by atoms with Crippen molar-refractivity contribution in [3.8, 4) is 0 Å². The highest BCUT2D eigenvalue weighted by molar-refractivity contribution is 6.29. The van der Waals surface area contributed by atoms with E-state index in [1.54, 1.807) is 6.07 Å². The standard InChI is InChI=1S/C10H17ClN4/c1-3-4-5-6-15(2)9-7-8(11)13-10(12)14-9/h7H,3-6H2,1-2H3,(H2,12,13,14). The molecule has 0 aliphatic carbocycles. The number of unbranched alkanes of at least 4 members (excludes halogenated alkanes) is 2. The molecule has 0 amide bonds. The molecule has 0 unspecified atom stereocenters. The number of nitrogens with two attached hydrogens (primary N) is 1. The summed E-state index contributed by atoms with van der Waals surface area (Å²) in [6, 6.07) is 1.73. The number of nitrogen functional groups attached to an aromatic ring is 1. The largest absolute Gasteiger partial charge is 0.368 e. The number of anilines is 2. The molecule has 0 radical (unpaired) electrons. The molecule has 1 aromatic heterocycles. The van der Waals surface area contributed by atoms with Gasteiger partial charge in [0.2, 0.25) is 5.95 Å². The van der Waals surface area contributed by atoms with E-state index in [1.165, 1.54) is 12.8 Å². The molecule has 15 heavy (non-hydrogen) atoms. The summed E-state index contributed by atoms with van der Waals surface area (Å²) in [4.78, 5) is 9.98. The Morgan fingerprint density at radius 3 is 2.73 bits per heavy atom. The van der Waals surface area contributed by atoms with Crippen LogP contribution in [0.15, 0.2) is 6.07 Å². The SMILES string of the molecule is CCCCCN(C)c1cc(Cl)nc(N)n1. The minimum Gasteiger partial charge on any atom is -0.368 e. The van der Waals surface area contributed by atoms with Crippen molar-refractivity contribution in [2.24, 2.45) is 0 Å². The van der Waals surface area contributed by atoms with Crippen LogP contribution in [0.3, 0.4) is 0 Å². The Balaban J connectivity index is 2.60. The maximum Gasteiger partial charge on any atom is 0.223 e. The quantitative estimate of drug-likeness (QED) is 0.621. The monoisotopic (exact) mass is 228 g/mol. The van der Waals surface area contributed by atoms with Crippen LogP contribution in [-0.4, -0.2) is 23.6 Å². The molecule has 0 saturated heterocycles. The highest BCUT2D eigenvalue weighted by Gasteiger charge is 2.05. The van der Waals surface area contributed by atoms with Gasteiger partial charge in [-0.25, -0.2) is 4.98 Å². The molecule has 1 heterocycles. The molecule has 0 aliphatic heterocycles. The summed E-state index contributed by atoms with van der Waals surface area (Å²) in [6.45, 7) is 3.14. The van der Waals surface area contributed by atoms with Crippen LogP contribution < -0.4 is 10.6 Å². The summed E-state index contributed by atoms with van der Waals surface area (Å²) in [6.07, 6.45) is 3.58. The van der Waals surface area contributed by atoms with Crippen LogP contribution in [0.2, 0.25) is 5.15 Å². The van der Waals surface area contributed by atoms with E-state index in [0.29, 0.717) is 5.15 Å². The first-order valence-electron chi connectivity index (χ1n) is 5.14. The Morgan fingerprint density at radius 2 is 2.13 bits per heavy atom. The summed E-state index contributed by atoms with van der Waals surface area (Å²) in [7, 11) is 1.98. The number of rotatable bonds is 5. The van der Waals surface area contributed by atoms with E-state index in [2.05, 4.69) is 16.9 Å². The van der Waals surface area contributed by atoms with E-state index in [0.717, 1.165) is 18.8 Å². The van der Waals surface area contributed by atoms with Crippen LogP contribution in [0.4, 0.5) is 11.8 Å². The molecule has 0 fully saturated rings. The minimum absolute atomic E-state index is 0.222. The zero-order valence-electron chi connectivity index (χ0n) is 9.20. The van der Waals surface area contributed by atoms with Gasteiger partial charge in [0, 0.05) is 19.7 Å². The number of nitrogens with zero attached hydrogens (tertiary/aromatic N) is 3. The van der Waals surface area contributed by atoms with Gasteiger partial charge in [0.1, 0.15) is 11.0 Å². The zero-order chi connectivity index (χ0) is 11.3. The molecule has 0 aromatic carbocycles. The molecule has 5 heteroatoms. The predicted molar refractivity (Wildman–Crippen MR) is 64.2 cm³/mol. The van der Waals surface area contributed by atoms with Gasteiger partial charge in [-0.3, -0.25) is 0 Å². The fraction of sp³-hybridized carbons (Fsp3) is 0.600. The van der Waals surface area contributed by atoms with E-state index < -0.39 is 0 Å². The molecule has 2 N–H and O–H groups in total. The smallest absolute Gasteiger partial charge is 0.223 e. The Kier molecular flexibility index (Phi) is 4.62. The van der Waals surface area contributed by atoms with E-state index in [-0.39, 0.29) is 5.95 Å². The Hall–Kier alpha value is -1.03. The van der Waals surface area contributed by atoms with Crippen LogP contribution in [0.1, 0.15) is 26.2 Å². The van der Waals surface area contributed by atoms with Gasteiger partial charge < -0.3 is 10.6 Å². The highest BCUT2D eigenvalue weighted by Crippen LogP contribution is 2.16. The normalized spacial score (nSPS) is 10.3. The second-order valence-electron chi connectivity index (χ2n) is 3.54. The van der Waals surface area contributed by atoms with Crippen molar-refractivity contribution >= 4 is 23.4 Å². The summed E-state index contributed by atoms with van der Waals surface area (Å²) in [5, 5.41) is 0.389. The lowest BCUT2D eigenvalue weighted by Crippen LogP contribution is -2.20. The van der Waals surface area contributed by atoms with Crippen LogP contribution >= 0.6 is 11.6 Å². The molecule has 0 atom stereocenters. The second-order valence-corrected chi connectivity index (χ2v) is 3.92. The molecule has 1 aromatic rings. The van der Waals surface area contributed by atoms with Crippen molar-refractivity contribution in [2.45, 2.75) is 26.2 Å². The fourth-order valence-corrected chi connectivity index (χ4v) is 1.52. The van der Waals surface area contributed by atoms with Gasteiger partial charge in [0.25, 0.3) is 0 Å². The number of aromatic nitrogens is 2. The van der Waals surface area contributed by atoms with Crippen molar-refractivity contribution in [3.63, 3.8) is 0 Å². The average molecular weight is 229 g/mol. The summed E-state index contributed by atoms with van der Waals surface area (Å²) >= 11 is 5.80. The van der Waals surface area contributed by atoms with Crippen molar-refractivity contribution in [2.75, 3.05) is 24.2 Å². The lowest BCUT2D eigenvalue weighted by Gasteiger charge is -2.17. The molecule has 1 rings (SSSR count). The minimum atomic E-state index is 0.222. The molecular weight excluding hydrogens is 212 g/mol.